The molecule has 0 radical (unpaired) electrons. The maximum atomic E-state index is 6.54. The van der Waals surface area contributed by atoms with Crippen LogP contribution in [0.15, 0.2) is 224 Å². The zero-order chi connectivity index (χ0) is 102. The molecule has 10 aliphatic heterocycles. The molecule has 10 aromatic carbocycles. The highest BCUT2D eigenvalue weighted by atomic mass is 16.5. The predicted octanol–water partition coefficient (Wildman–Crippen LogP) is 18.0. The fourth-order valence-corrected chi connectivity index (χ4v) is 21.8. The minimum Gasteiger partial charge on any atom is -0.497 e. The Morgan fingerprint density at radius 1 is 0.315 bits per heavy atom. The fourth-order valence-electron chi connectivity index (χ4n) is 21.8. The van der Waals surface area contributed by atoms with Crippen LogP contribution in [0.4, 0.5) is 34.1 Å². The standard InChI is InChI=1S/C34H45N3O4.C33H42N2O6.C28H39N3O3.C27H37N3O3/c1-38-20-5-18-37-19-21-39-33-15-9-27(22-32(33)37)24-41-34-23-36-17-16-31(34)28-10-13-30(14-11-28)40-25-29(35)12-8-26-6-3-2-4-7-26;1-36-17-4-15-35-16-18-40-32-12-7-25(21-31(32)35)24-41-33-23-34-14-13-30(33)26-8-10-27(11-9-26)38-19-20-39-29-6-3-5-28(22-29)37-2;1-32-17-4-15-31-16-18-33-27-10-5-22(19-26(27)31)21-34-28-20-29-12-11-25(28)23-6-8-24(9-7-23)30-13-2-3-14-30;1-31-16-3-14-30-15-17-32-26-9-4-21(18-25(26)30)20-33-27-19-28-11-10-24(27)22-5-7-23(8-6-22)29-12-2-13-29/h2-4,6-7,9-11,13-15,22,29,31,34,36H,5,8,12,16-21,23-25,35H2,1H3;3,5-12,21-22,30,33-34H,4,13-20,23-24H2,1-2H3;5-10,19,25,28-29H,2-4,11-18,20-21H2,1H3;4-9,18,24,27-28H,2-3,10-17,19-20H2,1H3/t29-,31+,34-;30-,33+;25-,28+;24-,27+/m0111/s1. The van der Waals surface area contributed by atoms with Gasteiger partial charge >= 0.3 is 0 Å². The van der Waals surface area contributed by atoms with Crippen LogP contribution < -0.4 is 94.3 Å². The van der Waals surface area contributed by atoms with Crippen LogP contribution in [0.2, 0.25) is 0 Å². The Hall–Kier alpha value is -11.1. The lowest BCUT2D eigenvalue weighted by atomic mass is 9.87. The van der Waals surface area contributed by atoms with Gasteiger partial charge in [0.2, 0.25) is 0 Å². The molecule has 0 amide bonds. The summed E-state index contributed by atoms with van der Waals surface area (Å²) >= 11 is 0. The molecule has 6 saturated heterocycles. The molecular formula is C122H163N11O16. The minimum absolute atomic E-state index is 0.00433. The van der Waals surface area contributed by atoms with E-state index >= 15 is 0 Å². The monoisotopic (exact) mass is 2040 g/mol. The van der Waals surface area contributed by atoms with Crippen molar-refractivity contribution >= 4 is 34.1 Å². The van der Waals surface area contributed by atoms with Crippen LogP contribution in [0, 0.1) is 0 Å². The quantitative estimate of drug-likeness (QED) is 0.0223. The summed E-state index contributed by atoms with van der Waals surface area (Å²) in [6, 6.07) is 79.3. The van der Waals surface area contributed by atoms with Crippen LogP contribution in [0.5, 0.6) is 46.0 Å². The van der Waals surface area contributed by atoms with Crippen LogP contribution in [0.3, 0.4) is 0 Å². The lowest BCUT2D eigenvalue weighted by molar-refractivity contribution is 0.0105. The van der Waals surface area contributed by atoms with E-state index in [0.29, 0.717) is 76.5 Å². The van der Waals surface area contributed by atoms with Crippen molar-refractivity contribution in [3.8, 4) is 46.0 Å². The van der Waals surface area contributed by atoms with Gasteiger partial charge < -0.3 is 132 Å². The smallest absolute Gasteiger partial charge is 0.142 e. The van der Waals surface area contributed by atoms with Crippen LogP contribution >= 0.6 is 0 Å². The molecule has 6 N–H and O–H groups in total. The van der Waals surface area contributed by atoms with Crippen molar-refractivity contribution in [2.75, 3.05) is 269 Å². The molecule has 9 atom stereocenters. The number of aryl methyl sites for hydroxylation is 1. The Bertz CT molecular complexity index is 5580. The number of hydrogen-bond acceptors (Lipinski definition) is 27. The molecule has 10 aliphatic rings. The minimum atomic E-state index is 0.00433. The van der Waals surface area contributed by atoms with Crippen LogP contribution in [-0.4, -0.2) is 270 Å². The van der Waals surface area contributed by atoms with Crippen LogP contribution in [-0.2, 0) is 70.7 Å². The van der Waals surface area contributed by atoms with Gasteiger partial charge in [-0.1, -0.05) is 109 Å². The Morgan fingerprint density at radius 3 is 0.980 bits per heavy atom. The third-order valence-electron chi connectivity index (χ3n) is 30.3. The van der Waals surface area contributed by atoms with Crippen molar-refractivity contribution in [1.29, 1.82) is 0 Å². The van der Waals surface area contributed by atoms with Crippen LogP contribution in [0.25, 0.3) is 0 Å². The van der Waals surface area contributed by atoms with Crippen molar-refractivity contribution in [1.82, 2.24) is 21.3 Å². The van der Waals surface area contributed by atoms with Crippen molar-refractivity contribution in [2.45, 2.75) is 164 Å². The fraction of sp³-hybridized carbons (Fsp3) is 0.508. The second-order valence-electron chi connectivity index (χ2n) is 40.6. The van der Waals surface area contributed by atoms with E-state index in [4.69, 9.17) is 81.5 Å². The van der Waals surface area contributed by atoms with Crippen molar-refractivity contribution in [2.24, 2.45) is 5.73 Å². The summed E-state index contributed by atoms with van der Waals surface area (Å²) in [6.45, 7) is 29.6. The number of ether oxygens (including phenoxy) is 16. The zero-order valence-corrected chi connectivity index (χ0v) is 88.8. The van der Waals surface area contributed by atoms with Crippen LogP contribution in [0.1, 0.15) is 151 Å². The second-order valence-corrected chi connectivity index (χ2v) is 40.6. The van der Waals surface area contributed by atoms with Gasteiger partial charge in [0.15, 0.2) is 0 Å². The summed E-state index contributed by atoms with van der Waals surface area (Å²) in [7, 11) is 8.67. The van der Waals surface area contributed by atoms with Gasteiger partial charge in [0.25, 0.3) is 0 Å². The number of anilines is 6. The van der Waals surface area contributed by atoms with Crippen molar-refractivity contribution in [3.63, 3.8) is 0 Å². The van der Waals surface area contributed by atoms with Gasteiger partial charge in [-0.15, -0.1) is 0 Å². The molecule has 0 aromatic heterocycles. The van der Waals surface area contributed by atoms with E-state index in [0.717, 1.165) is 278 Å². The normalized spacial score (nSPS) is 20.5. The number of nitrogens with zero attached hydrogens (tertiary/aromatic N) is 6. The second kappa shape index (κ2) is 58.5. The lowest BCUT2D eigenvalue weighted by Gasteiger charge is -2.35. The number of piperidine rings is 4. The molecule has 10 heterocycles. The highest BCUT2D eigenvalue weighted by molar-refractivity contribution is 5.65. The van der Waals surface area contributed by atoms with Gasteiger partial charge in [0, 0.05) is 181 Å². The predicted molar refractivity (Wildman–Crippen MR) is 594 cm³/mol. The molecule has 10 aromatic rings. The van der Waals surface area contributed by atoms with E-state index in [1.54, 1.807) is 35.5 Å². The summed E-state index contributed by atoms with van der Waals surface area (Å²) in [5.41, 5.74) is 25.1. The summed E-state index contributed by atoms with van der Waals surface area (Å²) in [6.07, 6.45) is 14.7. The molecule has 802 valence electrons. The summed E-state index contributed by atoms with van der Waals surface area (Å²) in [5.74, 6) is 8.62. The van der Waals surface area contributed by atoms with Gasteiger partial charge in [-0.3, -0.25) is 0 Å². The topological polar surface area (TPSA) is 241 Å². The molecule has 0 bridgehead atoms. The molecule has 0 spiro atoms. The molecular weight excluding hydrogens is 1880 g/mol. The number of fused-ring (bicyclic) bond motifs is 4. The Labute approximate surface area is 884 Å². The SMILES string of the molecule is COCCCN1CCOc2ccc(CO[C@H]3CNCC[C@@H]3c3ccc(N4CCC4)cc3)cc21.COCCCN1CCOc2ccc(CO[C@H]3CNCC[C@@H]3c3ccc(N4CCCC4)cc3)cc21.COCCCN1CCOc2ccc(CO[C@H]3CNCC[C@@H]3c3ccc(OCCOc4cccc(OC)c4)cc3)cc21.COCCCN1CCOc2ccc(CO[C@H]3CNCC[C@@H]3c3ccc(OC[C@@H](N)CCc4ccccc4)cc3)cc21. The van der Waals surface area contributed by atoms with Gasteiger partial charge in [-0.05, 0) is 269 Å². The molecule has 149 heavy (non-hydrogen) atoms. The highest BCUT2D eigenvalue weighted by Gasteiger charge is 2.35. The molecule has 20 rings (SSSR count). The largest absolute Gasteiger partial charge is 0.497 e. The first-order chi connectivity index (χ1) is 73.5. The summed E-state index contributed by atoms with van der Waals surface area (Å²) in [4.78, 5) is 14.5. The lowest BCUT2D eigenvalue weighted by Crippen LogP contribution is -2.41. The maximum Gasteiger partial charge on any atom is 0.142 e. The molecule has 27 nitrogen and oxygen atoms in total. The Balaban J connectivity index is 0.000000136. The Morgan fingerprint density at radius 2 is 0.644 bits per heavy atom. The number of methoxy groups -OCH3 is 5. The molecule has 0 saturated carbocycles. The molecule has 6 fully saturated rings. The summed E-state index contributed by atoms with van der Waals surface area (Å²) in [5, 5.41) is 14.1. The zero-order valence-electron chi connectivity index (χ0n) is 88.8. The van der Waals surface area contributed by atoms with Crippen molar-refractivity contribution < 1.29 is 75.8 Å². The van der Waals surface area contributed by atoms with E-state index in [2.05, 4.69) is 233 Å². The van der Waals surface area contributed by atoms with E-state index in [1.165, 1.54) is 113 Å². The van der Waals surface area contributed by atoms with E-state index in [1.807, 2.05) is 42.5 Å². The van der Waals surface area contributed by atoms with Gasteiger partial charge in [0.05, 0.1) is 107 Å². The van der Waals surface area contributed by atoms with E-state index in [9.17, 15) is 0 Å². The molecule has 0 unspecified atom stereocenters. The number of benzene rings is 10. The Kier molecular flexibility index (Phi) is 42.8. The van der Waals surface area contributed by atoms with Crippen molar-refractivity contribution in [3.05, 3.63) is 275 Å². The van der Waals surface area contributed by atoms with Gasteiger partial charge in [-0.2, -0.15) is 0 Å². The average Bonchev–Trinajstić information content (AvgIpc) is 0.963. The first kappa shape index (κ1) is 109. The maximum absolute atomic E-state index is 6.54. The first-order valence-corrected chi connectivity index (χ1v) is 55.1. The number of nitrogens with one attached hydrogen (secondary N) is 4. The third-order valence-corrected chi connectivity index (χ3v) is 30.3. The highest BCUT2D eigenvalue weighted by Crippen LogP contribution is 2.42. The molecule has 27 heteroatoms. The number of rotatable bonds is 46. The number of hydrogen-bond donors (Lipinski definition) is 5. The van der Waals surface area contributed by atoms with E-state index < -0.39 is 0 Å². The molecule has 0 aliphatic carbocycles. The third kappa shape index (κ3) is 32.0. The summed E-state index contributed by atoms with van der Waals surface area (Å²) < 4.78 is 93.7. The number of nitrogens with two attached hydrogens (primary N) is 1. The average molecular weight is 2040 g/mol. The van der Waals surface area contributed by atoms with E-state index in [-0.39, 0.29) is 30.5 Å². The first-order valence-electron chi connectivity index (χ1n) is 55.1. The van der Waals surface area contributed by atoms with Gasteiger partial charge in [0.1, 0.15) is 92.2 Å². The van der Waals surface area contributed by atoms with Gasteiger partial charge in [-0.25, -0.2) is 0 Å².